The molecule has 1 fully saturated rings. The van der Waals surface area contributed by atoms with Gasteiger partial charge in [0.2, 0.25) is 0 Å². The Hall–Kier alpha value is -1.29. The number of carbonyl (C=O) groups is 1. The quantitative estimate of drug-likeness (QED) is 0.691. The predicted molar refractivity (Wildman–Crippen MR) is 47.0 cm³/mol. The maximum Gasteiger partial charge on any atom is 0.269 e. The molecule has 2 rings (SSSR count). The first-order chi connectivity index (χ1) is 6.20. The Morgan fingerprint density at radius 1 is 1.46 bits per heavy atom. The van der Waals surface area contributed by atoms with Gasteiger partial charge in [-0.2, -0.15) is 0 Å². The zero-order chi connectivity index (χ0) is 9.42. The smallest absolute Gasteiger partial charge is 0.269 e. The van der Waals surface area contributed by atoms with E-state index in [4.69, 9.17) is 4.84 Å². The van der Waals surface area contributed by atoms with E-state index in [0.717, 1.165) is 11.4 Å². The third-order valence-corrected chi connectivity index (χ3v) is 2.35. The Bertz CT molecular complexity index is 324. The van der Waals surface area contributed by atoms with E-state index < -0.39 is 0 Å². The molecule has 13 heavy (non-hydrogen) atoms. The lowest BCUT2D eigenvalue weighted by Crippen LogP contribution is -2.23. The van der Waals surface area contributed by atoms with Crippen molar-refractivity contribution in [2.24, 2.45) is 0 Å². The van der Waals surface area contributed by atoms with Gasteiger partial charge in [-0.25, -0.2) is 5.48 Å². The number of hydroxylamine groups is 1. The fourth-order valence-electron chi connectivity index (χ4n) is 1.70. The fraction of sp³-hybridized carbons (Fsp3) is 0.444. The van der Waals surface area contributed by atoms with Gasteiger partial charge in [0, 0.05) is 11.4 Å². The minimum atomic E-state index is -0.199. The number of carbonyl (C=O) groups excluding carboxylic acids is 1. The summed E-state index contributed by atoms with van der Waals surface area (Å²) in [4.78, 5) is 16.2. The van der Waals surface area contributed by atoms with Gasteiger partial charge in [0.1, 0.15) is 12.6 Å². The summed E-state index contributed by atoms with van der Waals surface area (Å²) in [5.74, 6) is -0.0672. The Morgan fingerprint density at radius 2 is 2.08 bits per heavy atom. The molecule has 1 aromatic rings. The summed E-state index contributed by atoms with van der Waals surface area (Å²) in [5.41, 5.74) is 4.53. The standard InChI is InChI=1S/C9H12N2O2/c1-6-3-4-7(2)11(6)8-5-13-10-9(8)12/h3-4,8H,5H2,1-2H3,(H,10,12). The second-order valence-corrected chi connectivity index (χ2v) is 3.28. The molecule has 4 heteroatoms. The Balaban J connectivity index is 2.39. The highest BCUT2D eigenvalue weighted by atomic mass is 16.7. The molecule has 0 aliphatic carbocycles. The van der Waals surface area contributed by atoms with Crippen molar-refractivity contribution >= 4 is 5.91 Å². The van der Waals surface area contributed by atoms with Crippen molar-refractivity contribution in [2.45, 2.75) is 19.9 Å². The molecule has 0 aromatic carbocycles. The molecule has 1 amide bonds. The maximum atomic E-state index is 11.3. The van der Waals surface area contributed by atoms with Crippen molar-refractivity contribution < 1.29 is 9.63 Å². The highest BCUT2D eigenvalue weighted by molar-refractivity contribution is 5.81. The molecule has 1 aliphatic rings. The van der Waals surface area contributed by atoms with Crippen LogP contribution in [0.2, 0.25) is 0 Å². The fourth-order valence-corrected chi connectivity index (χ4v) is 1.70. The first-order valence-corrected chi connectivity index (χ1v) is 4.26. The number of aromatic nitrogens is 1. The van der Waals surface area contributed by atoms with Crippen LogP contribution in [0.4, 0.5) is 0 Å². The van der Waals surface area contributed by atoms with E-state index in [1.54, 1.807) is 0 Å². The van der Waals surface area contributed by atoms with Gasteiger partial charge in [-0.3, -0.25) is 9.63 Å². The summed E-state index contributed by atoms with van der Waals surface area (Å²) in [6.45, 7) is 4.38. The van der Waals surface area contributed by atoms with Crippen LogP contribution in [0.25, 0.3) is 0 Å². The summed E-state index contributed by atoms with van der Waals surface area (Å²) in [6, 6.07) is 3.80. The molecule has 2 heterocycles. The first-order valence-electron chi connectivity index (χ1n) is 4.26. The molecular formula is C9H12N2O2. The summed E-state index contributed by atoms with van der Waals surface area (Å²) < 4.78 is 1.99. The summed E-state index contributed by atoms with van der Waals surface area (Å²) in [6.07, 6.45) is 0. The van der Waals surface area contributed by atoms with Crippen LogP contribution in [0.5, 0.6) is 0 Å². The molecule has 0 bridgehead atoms. The lowest BCUT2D eigenvalue weighted by atomic mass is 10.3. The number of hydrogen-bond donors (Lipinski definition) is 1. The van der Waals surface area contributed by atoms with Crippen LogP contribution in [0.15, 0.2) is 12.1 Å². The number of nitrogens with one attached hydrogen (secondary N) is 1. The van der Waals surface area contributed by atoms with Crippen LogP contribution in [0.1, 0.15) is 17.4 Å². The molecule has 0 radical (unpaired) electrons. The van der Waals surface area contributed by atoms with Crippen LogP contribution < -0.4 is 5.48 Å². The molecule has 1 N–H and O–H groups in total. The molecule has 1 unspecified atom stereocenters. The number of rotatable bonds is 1. The van der Waals surface area contributed by atoms with Gasteiger partial charge in [0.05, 0.1) is 0 Å². The number of hydrogen-bond acceptors (Lipinski definition) is 2. The molecule has 0 spiro atoms. The Morgan fingerprint density at radius 3 is 2.54 bits per heavy atom. The molecule has 1 aliphatic heterocycles. The third-order valence-electron chi connectivity index (χ3n) is 2.35. The van der Waals surface area contributed by atoms with Gasteiger partial charge in [0.25, 0.3) is 5.91 Å². The van der Waals surface area contributed by atoms with E-state index in [1.807, 2.05) is 30.5 Å². The van der Waals surface area contributed by atoms with Gasteiger partial charge in [-0.15, -0.1) is 0 Å². The van der Waals surface area contributed by atoms with Crippen LogP contribution in [-0.4, -0.2) is 17.1 Å². The third kappa shape index (κ3) is 1.23. The number of amides is 1. The number of aryl methyl sites for hydroxylation is 2. The first kappa shape index (κ1) is 8.31. The Labute approximate surface area is 76.4 Å². The zero-order valence-corrected chi connectivity index (χ0v) is 7.70. The van der Waals surface area contributed by atoms with E-state index >= 15 is 0 Å². The molecule has 70 valence electrons. The topological polar surface area (TPSA) is 43.3 Å². The lowest BCUT2D eigenvalue weighted by Gasteiger charge is -2.12. The van der Waals surface area contributed by atoms with Gasteiger partial charge in [-0.05, 0) is 26.0 Å². The van der Waals surface area contributed by atoms with Crippen molar-refractivity contribution in [1.29, 1.82) is 0 Å². The van der Waals surface area contributed by atoms with Crippen molar-refractivity contribution in [3.05, 3.63) is 23.5 Å². The second kappa shape index (κ2) is 2.88. The van der Waals surface area contributed by atoms with E-state index in [1.165, 1.54) is 0 Å². The van der Waals surface area contributed by atoms with Gasteiger partial charge in [0.15, 0.2) is 0 Å². The average Bonchev–Trinajstić information content (AvgIpc) is 2.60. The van der Waals surface area contributed by atoms with Crippen LogP contribution in [0.3, 0.4) is 0 Å². The average molecular weight is 180 g/mol. The lowest BCUT2D eigenvalue weighted by molar-refractivity contribution is -0.125. The summed E-state index contributed by atoms with van der Waals surface area (Å²) >= 11 is 0. The van der Waals surface area contributed by atoms with Crippen molar-refractivity contribution in [3.8, 4) is 0 Å². The minimum absolute atomic E-state index is 0.0672. The van der Waals surface area contributed by atoms with Crippen LogP contribution >= 0.6 is 0 Å². The van der Waals surface area contributed by atoms with E-state index in [0.29, 0.717) is 6.61 Å². The monoisotopic (exact) mass is 180 g/mol. The molecule has 1 saturated heterocycles. The molecule has 0 saturated carbocycles. The number of nitrogens with zero attached hydrogens (tertiary/aromatic N) is 1. The maximum absolute atomic E-state index is 11.3. The van der Waals surface area contributed by atoms with Gasteiger partial charge < -0.3 is 4.57 Å². The normalized spacial score (nSPS) is 22.0. The molecule has 1 atom stereocenters. The van der Waals surface area contributed by atoms with E-state index in [9.17, 15) is 4.79 Å². The molecule has 1 aromatic heterocycles. The van der Waals surface area contributed by atoms with Crippen molar-refractivity contribution in [1.82, 2.24) is 10.0 Å². The largest absolute Gasteiger partial charge is 0.334 e. The van der Waals surface area contributed by atoms with E-state index in [-0.39, 0.29) is 11.9 Å². The highest BCUT2D eigenvalue weighted by Gasteiger charge is 2.28. The SMILES string of the molecule is Cc1ccc(C)n1C1CONC1=O. The van der Waals surface area contributed by atoms with Crippen LogP contribution in [0, 0.1) is 13.8 Å². The van der Waals surface area contributed by atoms with Gasteiger partial charge in [-0.1, -0.05) is 0 Å². The zero-order valence-electron chi connectivity index (χ0n) is 7.70. The second-order valence-electron chi connectivity index (χ2n) is 3.28. The van der Waals surface area contributed by atoms with Crippen molar-refractivity contribution in [3.63, 3.8) is 0 Å². The molecular weight excluding hydrogens is 168 g/mol. The molecule has 4 nitrogen and oxygen atoms in total. The van der Waals surface area contributed by atoms with Crippen LogP contribution in [-0.2, 0) is 9.63 Å². The summed E-state index contributed by atoms with van der Waals surface area (Å²) in [5, 5.41) is 0. The van der Waals surface area contributed by atoms with Gasteiger partial charge >= 0.3 is 0 Å². The minimum Gasteiger partial charge on any atom is -0.334 e. The highest BCUT2D eigenvalue weighted by Crippen LogP contribution is 2.18. The Kier molecular flexibility index (Phi) is 1.84. The predicted octanol–water partition coefficient (Wildman–Crippen LogP) is 0.707. The van der Waals surface area contributed by atoms with Crippen molar-refractivity contribution in [2.75, 3.05) is 6.61 Å². The van der Waals surface area contributed by atoms with E-state index in [2.05, 4.69) is 5.48 Å². The summed E-state index contributed by atoms with van der Waals surface area (Å²) in [7, 11) is 0.